The predicted octanol–water partition coefficient (Wildman–Crippen LogP) is 12.7. The van der Waals surface area contributed by atoms with Crippen molar-refractivity contribution in [2.45, 2.75) is 57.8 Å². The van der Waals surface area contributed by atoms with Crippen molar-refractivity contribution in [2.24, 2.45) is 0 Å². The van der Waals surface area contributed by atoms with Crippen LogP contribution < -0.4 is 10.1 Å². The van der Waals surface area contributed by atoms with Crippen LogP contribution in [0.5, 0.6) is 11.5 Å². The van der Waals surface area contributed by atoms with Crippen molar-refractivity contribution in [3.8, 4) is 28.4 Å². The zero-order valence-electron chi connectivity index (χ0n) is 29.9. The summed E-state index contributed by atoms with van der Waals surface area (Å²) >= 11 is 0. The molecule has 0 saturated heterocycles. The maximum absolute atomic E-state index is 8.42. The molecule has 0 bridgehead atoms. The normalized spacial score (nSPS) is 13.2. The van der Waals surface area contributed by atoms with Gasteiger partial charge in [-0.15, -0.1) is 0 Å². The zero-order chi connectivity index (χ0) is 35.5. The van der Waals surface area contributed by atoms with Gasteiger partial charge in [0.2, 0.25) is 0 Å². The smallest absolute Gasteiger partial charge is 0.137 e. The number of hydrogen-bond donors (Lipinski definition) is 2. The lowest BCUT2D eigenvalue weighted by atomic mass is 9.70. The van der Waals surface area contributed by atoms with Crippen molar-refractivity contribution in [2.75, 3.05) is 5.32 Å². The van der Waals surface area contributed by atoms with E-state index in [1.165, 1.54) is 59.5 Å². The summed E-state index contributed by atoms with van der Waals surface area (Å²) in [4.78, 5) is 4.66. The van der Waals surface area contributed by atoms with Crippen LogP contribution in [0.3, 0.4) is 0 Å². The molecule has 0 atom stereocenters. The molecule has 0 fully saturated rings. The number of hydrogen-bond acceptors (Lipinski definition) is 4. The summed E-state index contributed by atoms with van der Waals surface area (Å²) in [5.74, 6) is 2.34. The summed E-state index contributed by atoms with van der Waals surface area (Å²) < 4.78 is 8.65. The fourth-order valence-electron chi connectivity index (χ4n) is 8.16. The molecule has 0 saturated carbocycles. The molecule has 52 heavy (non-hydrogen) atoms. The quantitative estimate of drug-likeness (QED) is 0.119. The van der Waals surface area contributed by atoms with Crippen molar-refractivity contribution in [3.63, 3.8) is 0 Å². The topological polar surface area (TPSA) is 62.9 Å². The number of allylic oxidation sites excluding steroid dienone is 1. The second-order valence-corrected chi connectivity index (χ2v) is 13.8. The lowest BCUT2D eigenvalue weighted by Crippen LogP contribution is -2.25. The lowest BCUT2D eigenvalue weighted by molar-refractivity contribution is 0.414. The summed E-state index contributed by atoms with van der Waals surface area (Å²) in [5.41, 5.74) is 10.5. The fourth-order valence-corrected chi connectivity index (χ4v) is 8.16. The van der Waals surface area contributed by atoms with Gasteiger partial charge in [0.05, 0.1) is 11.0 Å². The fraction of sp³-hybridized carbons (Fsp3) is 0.191. The third-order valence-corrected chi connectivity index (χ3v) is 10.7. The number of ether oxygens (including phenoxy) is 1. The van der Waals surface area contributed by atoms with E-state index in [1.54, 1.807) is 0 Å². The number of nitrogens with one attached hydrogen (secondary N) is 2. The van der Waals surface area contributed by atoms with Gasteiger partial charge in [0.15, 0.2) is 0 Å². The highest BCUT2D eigenvalue weighted by molar-refractivity contribution is 6.10. The van der Waals surface area contributed by atoms with Crippen LogP contribution in [0, 0.1) is 5.41 Å². The molecule has 0 aliphatic heterocycles. The number of para-hydroxylation sites is 1. The number of aromatic nitrogens is 2. The summed E-state index contributed by atoms with van der Waals surface area (Å²) in [6.07, 6.45) is 12.2. The number of rotatable bonds is 13. The molecule has 1 aliphatic rings. The molecular weight excluding hydrogens is 637 g/mol. The molecule has 8 rings (SSSR count). The number of fused-ring (bicyclic) bond motifs is 6. The number of unbranched alkanes of at least 4 members (excludes halogenated alkanes) is 2. The number of pyridine rings is 1. The molecule has 258 valence electrons. The van der Waals surface area contributed by atoms with Gasteiger partial charge in [-0.3, -0.25) is 4.57 Å². The first-order valence-electron chi connectivity index (χ1n) is 18.6. The van der Waals surface area contributed by atoms with E-state index in [2.05, 4.69) is 108 Å². The van der Waals surface area contributed by atoms with Gasteiger partial charge in [-0.1, -0.05) is 106 Å². The number of nitrogens with zero attached hydrogens (tertiary/aromatic N) is 2. The summed E-state index contributed by atoms with van der Waals surface area (Å²) in [6.45, 7) is 4.57. The number of anilines is 1. The first kappa shape index (κ1) is 33.2. The Bertz CT molecular complexity index is 2410. The first-order valence-corrected chi connectivity index (χ1v) is 18.6. The van der Waals surface area contributed by atoms with Crippen molar-refractivity contribution in [1.29, 1.82) is 5.41 Å². The minimum absolute atomic E-state index is 0.00910. The lowest BCUT2D eigenvalue weighted by Gasteiger charge is -2.33. The van der Waals surface area contributed by atoms with Crippen LogP contribution in [-0.2, 0) is 5.41 Å². The second-order valence-electron chi connectivity index (χ2n) is 13.8. The van der Waals surface area contributed by atoms with Crippen LogP contribution in [0.1, 0.15) is 69.1 Å². The second kappa shape index (κ2) is 14.4. The van der Waals surface area contributed by atoms with Crippen LogP contribution in [0.4, 0.5) is 5.69 Å². The molecule has 7 aromatic rings. The van der Waals surface area contributed by atoms with E-state index in [1.807, 2.05) is 60.9 Å². The van der Waals surface area contributed by atoms with Crippen molar-refractivity contribution < 1.29 is 4.74 Å². The van der Waals surface area contributed by atoms with Gasteiger partial charge in [0.25, 0.3) is 0 Å². The maximum atomic E-state index is 8.42. The Morgan fingerprint density at radius 2 is 1.46 bits per heavy atom. The Balaban J connectivity index is 1.08. The molecule has 0 amide bonds. The molecule has 2 N–H and O–H groups in total. The van der Waals surface area contributed by atoms with Gasteiger partial charge in [-0.25, -0.2) is 4.98 Å². The van der Waals surface area contributed by atoms with E-state index in [4.69, 9.17) is 10.1 Å². The van der Waals surface area contributed by atoms with E-state index in [9.17, 15) is 0 Å². The highest BCUT2D eigenvalue weighted by atomic mass is 16.5. The molecule has 2 heterocycles. The van der Waals surface area contributed by atoms with Crippen LogP contribution in [-0.4, -0.2) is 15.8 Å². The maximum Gasteiger partial charge on any atom is 0.137 e. The van der Waals surface area contributed by atoms with E-state index >= 15 is 0 Å². The highest BCUT2D eigenvalue weighted by Gasteiger charge is 2.42. The van der Waals surface area contributed by atoms with Crippen molar-refractivity contribution in [3.05, 3.63) is 156 Å². The van der Waals surface area contributed by atoms with Crippen LogP contribution in [0.15, 0.2) is 140 Å². The van der Waals surface area contributed by atoms with Crippen LogP contribution >= 0.6 is 0 Å². The third kappa shape index (κ3) is 5.96. The number of benzene rings is 5. The zero-order valence-corrected chi connectivity index (χ0v) is 29.9. The average molecular weight is 681 g/mol. The molecule has 5 heteroatoms. The largest absolute Gasteiger partial charge is 0.457 e. The standard InChI is InChI=1S/C47H44N4O/c1-3-5-25-47(26-6-4-2)42-18-9-7-16-38(42)39-23-21-33(28-43(39)47)34(31-48)32-50-35-14-13-15-36(29-35)52-37-22-24-41-40-17-8-10-19-44(40)51(45(41)30-37)46-20-11-12-27-49-46/h7-24,27-32,48,50H,3-6,25-26H2,1-2H3/b34-32+,48-31?. The van der Waals surface area contributed by atoms with Gasteiger partial charge in [0.1, 0.15) is 17.3 Å². The molecule has 0 unspecified atom stereocenters. The SMILES string of the molecule is CCCCC1(CCCC)c2ccccc2-c2ccc(/C(C=N)=C/Nc3cccc(Oc4ccc5c6ccccc6n(-c6ccccn6)c5c4)c3)cc21. The minimum atomic E-state index is 0.00910. The summed E-state index contributed by atoms with van der Waals surface area (Å²) in [5, 5.41) is 14.2. The minimum Gasteiger partial charge on any atom is -0.457 e. The Morgan fingerprint density at radius 3 is 2.27 bits per heavy atom. The molecule has 5 nitrogen and oxygen atoms in total. The van der Waals surface area contributed by atoms with Gasteiger partial charge in [-0.2, -0.15) is 0 Å². The highest BCUT2D eigenvalue weighted by Crippen LogP contribution is 2.54. The molecule has 1 aliphatic carbocycles. The molecular formula is C47H44N4O. The molecule has 2 aromatic heterocycles. The predicted molar refractivity (Wildman–Crippen MR) is 217 cm³/mol. The summed E-state index contributed by atoms with van der Waals surface area (Å²) in [7, 11) is 0. The van der Waals surface area contributed by atoms with Crippen LogP contribution in [0.25, 0.3) is 44.3 Å². The summed E-state index contributed by atoms with van der Waals surface area (Å²) in [6, 6.07) is 44.4. The van der Waals surface area contributed by atoms with Gasteiger partial charge in [-0.05, 0) is 89.2 Å². The average Bonchev–Trinajstić information content (AvgIpc) is 3.66. The first-order chi connectivity index (χ1) is 25.6. The van der Waals surface area contributed by atoms with Gasteiger partial charge in [0, 0.05) is 58.2 Å². The monoisotopic (exact) mass is 680 g/mol. The Kier molecular flexibility index (Phi) is 9.17. The van der Waals surface area contributed by atoms with E-state index in [-0.39, 0.29) is 5.41 Å². The van der Waals surface area contributed by atoms with E-state index in [0.29, 0.717) is 0 Å². The molecule has 0 radical (unpaired) electrons. The molecule has 0 spiro atoms. The van der Waals surface area contributed by atoms with Crippen molar-refractivity contribution >= 4 is 39.3 Å². The van der Waals surface area contributed by atoms with Crippen LogP contribution in [0.2, 0.25) is 0 Å². The molecule has 5 aromatic carbocycles. The third-order valence-electron chi connectivity index (χ3n) is 10.7. The van der Waals surface area contributed by atoms with Gasteiger partial charge < -0.3 is 15.5 Å². The Hall–Kier alpha value is -5.94. The van der Waals surface area contributed by atoms with Gasteiger partial charge >= 0.3 is 0 Å². The van der Waals surface area contributed by atoms with E-state index in [0.717, 1.165) is 63.4 Å². The Labute approximate surface area is 306 Å². The van der Waals surface area contributed by atoms with Crippen molar-refractivity contribution in [1.82, 2.24) is 9.55 Å². The Morgan fingerprint density at radius 1 is 0.712 bits per heavy atom. The van der Waals surface area contributed by atoms with E-state index < -0.39 is 0 Å².